The zero-order chi connectivity index (χ0) is 9.90. The average Bonchev–Trinajstić information content (AvgIpc) is 2.04. The van der Waals surface area contributed by atoms with E-state index >= 15 is 0 Å². The molecule has 0 aromatic rings. The number of rotatable bonds is 3. The molecule has 0 bridgehead atoms. The van der Waals surface area contributed by atoms with Gasteiger partial charge in [-0.2, -0.15) is 0 Å². The van der Waals surface area contributed by atoms with Crippen molar-refractivity contribution in [2.24, 2.45) is 5.92 Å². The van der Waals surface area contributed by atoms with Gasteiger partial charge in [0, 0.05) is 12.6 Å². The molecule has 0 aromatic heterocycles. The molecule has 0 aromatic carbocycles. The summed E-state index contributed by atoms with van der Waals surface area (Å²) in [7, 11) is 0. The van der Waals surface area contributed by atoms with Gasteiger partial charge in [-0.3, -0.25) is 0 Å². The third-order valence-electron chi connectivity index (χ3n) is 3.26. The molecule has 0 aliphatic carbocycles. The molecule has 1 saturated heterocycles. The molecule has 2 heteroatoms. The van der Waals surface area contributed by atoms with Gasteiger partial charge in [-0.15, -0.1) is 0 Å². The van der Waals surface area contributed by atoms with Gasteiger partial charge in [0.1, 0.15) is 0 Å². The van der Waals surface area contributed by atoms with Crippen LogP contribution in [-0.2, 0) is 4.74 Å². The minimum atomic E-state index is 0.0884. The summed E-state index contributed by atoms with van der Waals surface area (Å²) in [6.07, 6.45) is 2.31. The van der Waals surface area contributed by atoms with E-state index in [1.807, 2.05) is 0 Å². The maximum Gasteiger partial charge on any atom is 0.0692 e. The van der Waals surface area contributed by atoms with E-state index in [1.54, 1.807) is 0 Å². The fourth-order valence-corrected chi connectivity index (χ4v) is 1.95. The molecule has 2 unspecified atom stereocenters. The molecular formula is C11H23NO. The predicted octanol–water partition coefficient (Wildman–Crippen LogP) is 2.19. The van der Waals surface area contributed by atoms with Crippen LogP contribution < -0.4 is 5.32 Å². The first kappa shape index (κ1) is 11.0. The van der Waals surface area contributed by atoms with Gasteiger partial charge in [0.25, 0.3) is 0 Å². The standard InChI is InChI=1S/C11H23NO/c1-5-12-10-6-7-13-11(4,8-10)9(2)3/h9-10,12H,5-8H2,1-4H3. The van der Waals surface area contributed by atoms with Gasteiger partial charge >= 0.3 is 0 Å². The summed E-state index contributed by atoms with van der Waals surface area (Å²) >= 11 is 0. The molecule has 0 amide bonds. The number of nitrogens with one attached hydrogen (secondary N) is 1. The first-order chi connectivity index (χ1) is 6.08. The molecule has 0 spiro atoms. The van der Waals surface area contributed by atoms with Gasteiger partial charge in [-0.25, -0.2) is 0 Å². The SMILES string of the molecule is CCNC1CCOC(C)(C(C)C)C1. The Kier molecular flexibility index (Phi) is 3.74. The predicted molar refractivity (Wildman–Crippen MR) is 55.9 cm³/mol. The quantitative estimate of drug-likeness (QED) is 0.727. The van der Waals surface area contributed by atoms with E-state index in [0.717, 1.165) is 26.0 Å². The van der Waals surface area contributed by atoms with Crippen LogP contribution in [-0.4, -0.2) is 24.8 Å². The topological polar surface area (TPSA) is 21.3 Å². The fraction of sp³-hybridized carbons (Fsp3) is 1.00. The van der Waals surface area contributed by atoms with Crippen LogP contribution in [0.25, 0.3) is 0 Å². The Hall–Kier alpha value is -0.0800. The van der Waals surface area contributed by atoms with E-state index in [1.165, 1.54) is 0 Å². The van der Waals surface area contributed by atoms with Crippen LogP contribution in [0, 0.1) is 5.92 Å². The summed E-state index contributed by atoms with van der Waals surface area (Å²) in [5.74, 6) is 0.606. The van der Waals surface area contributed by atoms with Crippen molar-refractivity contribution in [2.75, 3.05) is 13.2 Å². The molecule has 1 fully saturated rings. The highest BCUT2D eigenvalue weighted by Gasteiger charge is 2.35. The van der Waals surface area contributed by atoms with Crippen molar-refractivity contribution in [1.29, 1.82) is 0 Å². The van der Waals surface area contributed by atoms with Crippen LogP contribution in [0.3, 0.4) is 0 Å². The largest absolute Gasteiger partial charge is 0.375 e. The lowest BCUT2D eigenvalue weighted by Gasteiger charge is -2.41. The van der Waals surface area contributed by atoms with Crippen LogP contribution in [0.5, 0.6) is 0 Å². The number of hydrogen-bond donors (Lipinski definition) is 1. The summed E-state index contributed by atoms with van der Waals surface area (Å²) in [5, 5.41) is 3.51. The van der Waals surface area contributed by atoms with Crippen molar-refractivity contribution in [3.05, 3.63) is 0 Å². The summed E-state index contributed by atoms with van der Waals surface area (Å²) in [6.45, 7) is 10.9. The molecule has 2 nitrogen and oxygen atoms in total. The smallest absolute Gasteiger partial charge is 0.0692 e. The van der Waals surface area contributed by atoms with E-state index in [-0.39, 0.29) is 5.60 Å². The zero-order valence-corrected chi connectivity index (χ0v) is 9.39. The van der Waals surface area contributed by atoms with E-state index in [2.05, 4.69) is 33.0 Å². The minimum absolute atomic E-state index is 0.0884. The normalized spacial score (nSPS) is 35.3. The second-order valence-corrected chi connectivity index (χ2v) is 4.56. The maximum atomic E-state index is 5.86. The van der Waals surface area contributed by atoms with Crippen molar-refractivity contribution in [3.8, 4) is 0 Å². The zero-order valence-electron chi connectivity index (χ0n) is 9.39. The molecule has 1 rings (SSSR count). The Labute approximate surface area is 82.0 Å². The molecular weight excluding hydrogens is 162 g/mol. The van der Waals surface area contributed by atoms with E-state index in [0.29, 0.717) is 12.0 Å². The number of hydrogen-bond acceptors (Lipinski definition) is 2. The molecule has 78 valence electrons. The Bertz CT molecular complexity index is 156. The molecule has 1 aliphatic heterocycles. The van der Waals surface area contributed by atoms with Crippen LogP contribution >= 0.6 is 0 Å². The van der Waals surface area contributed by atoms with E-state index in [9.17, 15) is 0 Å². The molecule has 13 heavy (non-hydrogen) atoms. The molecule has 1 N–H and O–H groups in total. The summed E-state index contributed by atoms with van der Waals surface area (Å²) in [4.78, 5) is 0. The van der Waals surface area contributed by atoms with Crippen molar-refractivity contribution in [3.63, 3.8) is 0 Å². The molecule has 0 radical (unpaired) electrons. The van der Waals surface area contributed by atoms with Gasteiger partial charge in [0.15, 0.2) is 0 Å². The monoisotopic (exact) mass is 185 g/mol. The van der Waals surface area contributed by atoms with Gasteiger partial charge in [0.05, 0.1) is 5.60 Å². The second kappa shape index (κ2) is 4.43. The third-order valence-corrected chi connectivity index (χ3v) is 3.26. The minimum Gasteiger partial charge on any atom is -0.375 e. The number of ether oxygens (including phenoxy) is 1. The van der Waals surface area contributed by atoms with Crippen LogP contribution in [0.15, 0.2) is 0 Å². The van der Waals surface area contributed by atoms with Gasteiger partial charge in [0.2, 0.25) is 0 Å². The summed E-state index contributed by atoms with van der Waals surface area (Å²) in [6, 6.07) is 0.658. The summed E-state index contributed by atoms with van der Waals surface area (Å²) in [5.41, 5.74) is 0.0884. The van der Waals surface area contributed by atoms with E-state index < -0.39 is 0 Å². The lowest BCUT2D eigenvalue weighted by molar-refractivity contribution is -0.104. The highest BCUT2D eigenvalue weighted by molar-refractivity contribution is 4.88. The van der Waals surface area contributed by atoms with Crippen LogP contribution in [0.2, 0.25) is 0 Å². The maximum absolute atomic E-state index is 5.86. The Balaban J connectivity index is 2.49. The third kappa shape index (κ3) is 2.68. The first-order valence-corrected chi connectivity index (χ1v) is 5.46. The molecule has 1 heterocycles. The van der Waals surface area contributed by atoms with Gasteiger partial charge < -0.3 is 10.1 Å². The first-order valence-electron chi connectivity index (χ1n) is 5.46. The van der Waals surface area contributed by atoms with Crippen molar-refractivity contribution < 1.29 is 4.74 Å². The Morgan fingerprint density at radius 1 is 1.54 bits per heavy atom. The molecule has 0 saturated carbocycles. The van der Waals surface area contributed by atoms with Gasteiger partial charge in [-0.05, 0) is 32.2 Å². The van der Waals surface area contributed by atoms with Crippen LogP contribution in [0.4, 0.5) is 0 Å². The second-order valence-electron chi connectivity index (χ2n) is 4.56. The molecule has 1 aliphatic rings. The highest BCUT2D eigenvalue weighted by Crippen LogP contribution is 2.31. The van der Waals surface area contributed by atoms with Crippen molar-refractivity contribution in [2.45, 2.75) is 52.2 Å². The average molecular weight is 185 g/mol. The Morgan fingerprint density at radius 2 is 2.23 bits per heavy atom. The van der Waals surface area contributed by atoms with Crippen molar-refractivity contribution in [1.82, 2.24) is 5.32 Å². The lowest BCUT2D eigenvalue weighted by atomic mass is 9.83. The van der Waals surface area contributed by atoms with Crippen LogP contribution in [0.1, 0.15) is 40.5 Å². The molecule has 2 atom stereocenters. The highest BCUT2D eigenvalue weighted by atomic mass is 16.5. The van der Waals surface area contributed by atoms with E-state index in [4.69, 9.17) is 4.74 Å². The fourth-order valence-electron chi connectivity index (χ4n) is 1.95. The Morgan fingerprint density at radius 3 is 2.77 bits per heavy atom. The summed E-state index contributed by atoms with van der Waals surface area (Å²) < 4.78 is 5.86. The van der Waals surface area contributed by atoms with Crippen molar-refractivity contribution >= 4 is 0 Å². The van der Waals surface area contributed by atoms with Gasteiger partial charge in [-0.1, -0.05) is 20.8 Å². The lowest BCUT2D eigenvalue weighted by Crippen LogP contribution is -2.48.